The lowest BCUT2D eigenvalue weighted by atomic mass is 9.96. The van der Waals surface area contributed by atoms with Crippen LogP contribution in [-0.4, -0.2) is 120 Å². The molecular formula is C59H60F4N14O. The van der Waals surface area contributed by atoms with Crippen molar-refractivity contribution in [2.75, 3.05) is 60.7 Å². The summed E-state index contributed by atoms with van der Waals surface area (Å²) in [5.41, 5.74) is 4.42. The molecule has 0 amide bonds. The number of nitrogens with one attached hydrogen (secondary N) is 2. The van der Waals surface area contributed by atoms with Gasteiger partial charge in [0.25, 0.3) is 0 Å². The Morgan fingerprint density at radius 1 is 0.551 bits per heavy atom. The maximum Gasteiger partial charge on any atom is 0.166 e. The second-order valence-corrected chi connectivity index (χ2v) is 21.3. The number of benzene rings is 2. The number of anilines is 6. The highest BCUT2D eigenvalue weighted by Crippen LogP contribution is 2.47. The van der Waals surface area contributed by atoms with Gasteiger partial charge in [0.05, 0.1) is 35.5 Å². The Bertz CT molecular complexity index is 3290. The van der Waals surface area contributed by atoms with E-state index in [4.69, 9.17) is 19.9 Å². The third-order valence-corrected chi connectivity index (χ3v) is 16.4. The number of likely N-dealkylation sites (tertiary alicyclic amines) is 2. The largest absolute Gasteiger partial charge is 0.356 e. The van der Waals surface area contributed by atoms with Crippen LogP contribution in [0.5, 0.6) is 0 Å². The topological polar surface area (TPSA) is 157 Å². The van der Waals surface area contributed by atoms with Gasteiger partial charge in [0.1, 0.15) is 57.9 Å². The molecule has 78 heavy (non-hydrogen) atoms. The number of para-hydroxylation sites is 2. The van der Waals surface area contributed by atoms with Crippen molar-refractivity contribution in [1.82, 2.24) is 49.7 Å². The van der Waals surface area contributed by atoms with Gasteiger partial charge in [-0.05, 0) is 137 Å². The number of ketones is 1. The molecule has 400 valence electrons. The smallest absolute Gasteiger partial charge is 0.166 e. The molecule has 19 heteroatoms. The average Bonchev–Trinajstić information content (AvgIpc) is 4.55. The standard InChI is InChI=1S/C59H60F4N14O/c1-33(76-23-17-39(18-24-76)74(3)58-51-41(35-11-12-35)29-64-31-47(51)68-56(72-58)37-15-21-66-49(27-37)70-53-43(60)7-5-8-44(53)61)55(78)34(2)77-25-19-40(20-26-77)75(4)59-52-42(36-13-14-36)30-65-32-48(52)69-57(73-59)38-16-22-67-50(28-38)71-54-45(62)9-6-10-46(54)63/h5-10,15-16,21-22,27-36,39-40H,11-14,17-20,23-26H2,1-4H3,(H,66,70)(H,67,71). The monoisotopic (exact) mass is 1060 g/mol. The molecule has 2 aromatic carbocycles. The zero-order chi connectivity index (χ0) is 53.8. The van der Waals surface area contributed by atoms with Gasteiger partial charge in [-0.1, -0.05) is 12.1 Å². The van der Waals surface area contributed by atoms with Gasteiger partial charge < -0.3 is 20.4 Å². The van der Waals surface area contributed by atoms with Crippen LogP contribution in [0, 0.1) is 23.3 Å². The lowest BCUT2D eigenvalue weighted by molar-refractivity contribution is -0.129. The maximum absolute atomic E-state index is 14.6. The van der Waals surface area contributed by atoms with Crippen LogP contribution in [0.25, 0.3) is 44.6 Å². The molecule has 2 N–H and O–H groups in total. The summed E-state index contributed by atoms with van der Waals surface area (Å²) in [7, 11) is 4.18. The Morgan fingerprint density at radius 3 is 1.31 bits per heavy atom. The molecule has 2 atom stereocenters. The molecule has 0 bridgehead atoms. The SMILES string of the molecule is CC(C(=O)C(C)N1CCC(N(C)c2nc(-c3ccnc(Nc4c(F)cccc4F)c3)nc3cncc(C4CC4)c23)CC1)N1CCC(N(C)c2nc(-c3ccnc(Nc4c(F)cccc4F)c3)nc3cncc(C4CC4)c23)CC1. The van der Waals surface area contributed by atoms with Gasteiger partial charge in [-0.2, -0.15) is 0 Å². The summed E-state index contributed by atoms with van der Waals surface area (Å²) in [6.45, 7) is 7.07. The number of carbonyl (C=O) groups excluding carboxylic acids is 1. The molecule has 15 nitrogen and oxygen atoms in total. The van der Waals surface area contributed by atoms with Crippen molar-refractivity contribution in [1.29, 1.82) is 0 Å². The van der Waals surface area contributed by atoms with Crippen molar-refractivity contribution in [2.24, 2.45) is 0 Å². The van der Waals surface area contributed by atoms with Gasteiger partial charge in [0.2, 0.25) is 0 Å². The molecule has 2 unspecified atom stereocenters. The summed E-state index contributed by atoms with van der Waals surface area (Å²) in [6.07, 6.45) is 18.2. The molecule has 0 radical (unpaired) electrons. The highest BCUT2D eigenvalue weighted by Gasteiger charge is 2.37. The number of aromatic nitrogens is 8. The van der Waals surface area contributed by atoms with Crippen molar-refractivity contribution in [3.63, 3.8) is 0 Å². The Hall–Kier alpha value is -7.77. The minimum atomic E-state index is -0.725. The zero-order valence-electron chi connectivity index (χ0n) is 44.0. The summed E-state index contributed by atoms with van der Waals surface area (Å²) < 4.78 is 58.4. The van der Waals surface area contributed by atoms with Crippen LogP contribution in [-0.2, 0) is 4.79 Å². The molecule has 2 aliphatic carbocycles. The molecule has 4 fully saturated rings. The molecule has 8 aromatic rings. The molecule has 0 spiro atoms. The Kier molecular flexibility index (Phi) is 13.9. The van der Waals surface area contributed by atoms with E-state index in [1.807, 2.05) is 26.2 Å². The number of fused-ring (bicyclic) bond motifs is 2. The van der Waals surface area contributed by atoms with E-state index >= 15 is 0 Å². The van der Waals surface area contributed by atoms with Gasteiger partial charge >= 0.3 is 0 Å². The number of carbonyl (C=O) groups is 1. The first-order chi connectivity index (χ1) is 37.9. The molecule has 2 saturated heterocycles. The zero-order valence-corrected chi connectivity index (χ0v) is 44.0. The van der Waals surface area contributed by atoms with E-state index in [2.05, 4.69) is 64.3 Å². The van der Waals surface area contributed by atoms with Gasteiger partial charge in [0, 0.05) is 99.0 Å². The molecule has 8 heterocycles. The van der Waals surface area contributed by atoms with Crippen LogP contribution >= 0.6 is 0 Å². The third-order valence-electron chi connectivity index (χ3n) is 16.4. The Morgan fingerprint density at radius 2 is 0.936 bits per heavy atom. The number of Topliss-reactive ketones (excluding diaryl/α,β-unsaturated/α-hetero) is 1. The Balaban J connectivity index is 0.715. The van der Waals surface area contributed by atoms with E-state index < -0.39 is 23.3 Å². The Labute approximate surface area is 449 Å². The first kappa shape index (κ1) is 51.0. The predicted molar refractivity (Wildman–Crippen MR) is 294 cm³/mol. The van der Waals surface area contributed by atoms with Crippen LogP contribution in [0.1, 0.15) is 88.2 Å². The minimum Gasteiger partial charge on any atom is -0.356 e. The second kappa shape index (κ2) is 21.2. The maximum atomic E-state index is 14.6. The molecule has 6 aromatic heterocycles. The lowest BCUT2D eigenvalue weighted by Gasteiger charge is -2.42. The van der Waals surface area contributed by atoms with Gasteiger partial charge in [-0.15, -0.1) is 0 Å². The molecule has 2 saturated carbocycles. The molecular weight excluding hydrogens is 997 g/mol. The quantitative estimate of drug-likeness (QED) is 0.0880. The van der Waals surface area contributed by atoms with E-state index in [1.54, 1.807) is 49.1 Å². The number of pyridine rings is 4. The number of halogens is 4. The number of piperidine rings is 2. The number of hydrogen-bond donors (Lipinski definition) is 2. The van der Waals surface area contributed by atoms with Crippen molar-refractivity contribution < 1.29 is 22.4 Å². The average molecular weight is 1060 g/mol. The fraction of sp³-hybridized carbons (Fsp3) is 0.373. The summed E-state index contributed by atoms with van der Waals surface area (Å²) in [4.78, 5) is 61.9. The molecule has 2 aliphatic heterocycles. The highest BCUT2D eigenvalue weighted by atomic mass is 19.1. The van der Waals surface area contributed by atoms with E-state index in [9.17, 15) is 22.4 Å². The van der Waals surface area contributed by atoms with E-state index in [0.717, 1.165) is 122 Å². The minimum absolute atomic E-state index is 0.136. The van der Waals surface area contributed by atoms with Crippen LogP contribution in [0.4, 0.5) is 52.2 Å². The summed E-state index contributed by atoms with van der Waals surface area (Å²) in [5.74, 6) is 1.11. The lowest BCUT2D eigenvalue weighted by Crippen LogP contribution is -2.55. The van der Waals surface area contributed by atoms with Crippen molar-refractivity contribution in [3.05, 3.63) is 132 Å². The first-order valence-electron chi connectivity index (χ1n) is 27.0. The second-order valence-electron chi connectivity index (χ2n) is 21.3. The van der Waals surface area contributed by atoms with E-state index in [-0.39, 0.29) is 53.0 Å². The van der Waals surface area contributed by atoms with Crippen LogP contribution in [0.15, 0.2) is 97.8 Å². The van der Waals surface area contributed by atoms with Gasteiger partial charge in [-0.3, -0.25) is 24.6 Å². The number of rotatable bonds is 16. The first-order valence-corrected chi connectivity index (χ1v) is 27.0. The normalized spacial score (nSPS) is 17.5. The number of nitrogens with zero attached hydrogens (tertiary/aromatic N) is 12. The third kappa shape index (κ3) is 10.2. The predicted octanol–water partition coefficient (Wildman–Crippen LogP) is 11.1. The van der Waals surface area contributed by atoms with Crippen LogP contribution in [0.3, 0.4) is 0 Å². The number of hydrogen-bond acceptors (Lipinski definition) is 15. The van der Waals surface area contributed by atoms with Crippen molar-refractivity contribution in [3.8, 4) is 22.8 Å². The summed E-state index contributed by atoms with van der Waals surface area (Å²) >= 11 is 0. The van der Waals surface area contributed by atoms with E-state index in [0.29, 0.717) is 34.6 Å². The fourth-order valence-corrected chi connectivity index (χ4v) is 11.5. The van der Waals surface area contributed by atoms with Crippen LogP contribution < -0.4 is 20.4 Å². The van der Waals surface area contributed by atoms with Gasteiger partial charge in [-0.25, -0.2) is 47.5 Å². The molecule has 4 aliphatic rings. The summed E-state index contributed by atoms with van der Waals surface area (Å²) in [6, 6.07) is 14.1. The van der Waals surface area contributed by atoms with Crippen LogP contribution in [0.2, 0.25) is 0 Å². The highest BCUT2D eigenvalue weighted by molar-refractivity contribution is 5.95. The van der Waals surface area contributed by atoms with Gasteiger partial charge in [0.15, 0.2) is 17.4 Å². The molecule has 12 rings (SSSR count). The van der Waals surface area contributed by atoms with Crippen molar-refractivity contribution >= 4 is 62.2 Å². The fourth-order valence-electron chi connectivity index (χ4n) is 11.5. The van der Waals surface area contributed by atoms with Crippen molar-refractivity contribution in [2.45, 2.75) is 101 Å². The summed E-state index contributed by atoms with van der Waals surface area (Å²) in [5, 5.41) is 7.57. The van der Waals surface area contributed by atoms with E-state index in [1.165, 1.54) is 36.4 Å².